The van der Waals surface area contributed by atoms with Crippen LogP contribution in [0.3, 0.4) is 0 Å². The Balaban J connectivity index is 1.60. The molecule has 0 atom stereocenters. The summed E-state index contributed by atoms with van der Waals surface area (Å²) in [6.07, 6.45) is 10.3. The molecule has 0 aliphatic rings. The summed E-state index contributed by atoms with van der Waals surface area (Å²) in [5, 5.41) is 3.02. The second-order valence-corrected chi connectivity index (χ2v) is 8.03. The lowest BCUT2D eigenvalue weighted by molar-refractivity contribution is 0.0946. The summed E-state index contributed by atoms with van der Waals surface area (Å²) in [6.45, 7) is 3.57. The number of methoxy groups -OCH3 is 1. The third-order valence-electron chi connectivity index (χ3n) is 5.73. The SMILES string of the molecule is CCCCCCCCCCn1c(CNC(=O)c2ccccc2OC)nc2ccccc21. The lowest BCUT2D eigenvalue weighted by Gasteiger charge is -2.11. The second-order valence-electron chi connectivity index (χ2n) is 8.03. The summed E-state index contributed by atoms with van der Waals surface area (Å²) >= 11 is 0. The smallest absolute Gasteiger partial charge is 0.255 e. The van der Waals surface area contributed by atoms with Gasteiger partial charge in [-0.25, -0.2) is 4.98 Å². The lowest BCUT2D eigenvalue weighted by atomic mass is 10.1. The highest BCUT2D eigenvalue weighted by Gasteiger charge is 2.14. The number of carbonyl (C=O) groups excluding carboxylic acids is 1. The summed E-state index contributed by atoms with van der Waals surface area (Å²) in [4.78, 5) is 17.5. The molecule has 0 aliphatic carbocycles. The number of unbranched alkanes of at least 4 members (excludes halogenated alkanes) is 7. The van der Waals surface area contributed by atoms with Crippen LogP contribution in [0.5, 0.6) is 5.75 Å². The van der Waals surface area contributed by atoms with E-state index in [9.17, 15) is 4.79 Å². The molecule has 1 amide bonds. The largest absolute Gasteiger partial charge is 0.496 e. The van der Waals surface area contributed by atoms with Crippen molar-refractivity contribution in [1.82, 2.24) is 14.9 Å². The molecule has 0 unspecified atom stereocenters. The zero-order valence-corrected chi connectivity index (χ0v) is 18.9. The molecule has 0 saturated heterocycles. The highest BCUT2D eigenvalue weighted by Crippen LogP contribution is 2.20. The highest BCUT2D eigenvalue weighted by molar-refractivity contribution is 5.96. The first kappa shape index (κ1) is 22.9. The Hall–Kier alpha value is -2.82. The van der Waals surface area contributed by atoms with Gasteiger partial charge in [-0.15, -0.1) is 0 Å². The number of aromatic nitrogens is 2. The Labute approximate surface area is 185 Å². The number of aryl methyl sites for hydroxylation is 1. The van der Waals surface area contributed by atoms with Gasteiger partial charge in [0.1, 0.15) is 11.6 Å². The van der Waals surface area contributed by atoms with E-state index in [1.54, 1.807) is 19.2 Å². The average Bonchev–Trinajstić information content (AvgIpc) is 3.16. The molecule has 0 aliphatic heterocycles. The fourth-order valence-corrected chi connectivity index (χ4v) is 4.00. The highest BCUT2D eigenvalue weighted by atomic mass is 16.5. The molecule has 3 aromatic rings. The van der Waals surface area contributed by atoms with E-state index in [4.69, 9.17) is 9.72 Å². The van der Waals surface area contributed by atoms with Crippen LogP contribution < -0.4 is 10.1 Å². The number of ether oxygens (including phenoxy) is 1. The van der Waals surface area contributed by atoms with Crippen molar-refractivity contribution in [3.63, 3.8) is 0 Å². The van der Waals surface area contributed by atoms with Gasteiger partial charge in [0.05, 0.1) is 30.3 Å². The van der Waals surface area contributed by atoms with E-state index in [1.807, 2.05) is 30.3 Å². The number of imidazole rings is 1. The van der Waals surface area contributed by atoms with E-state index in [2.05, 4.69) is 22.9 Å². The normalized spacial score (nSPS) is 11.0. The molecule has 1 aromatic heterocycles. The first-order valence-corrected chi connectivity index (χ1v) is 11.6. The number of fused-ring (bicyclic) bond motifs is 1. The van der Waals surface area contributed by atoms with E-state index in [0.717, 1.165) is 29.8 Å². The molecule has 1 N–H and O–H groups in total. The number of para-hydroxylation sites is 3. The third-order valence-corrected chi connectivity index (χ3v) is 5.73. The molecule has 0 spiro atoms. The van der Waals surface area contributed by atoms with Gasteiger partial charge in [-0.05, 0) is 30.7 Å². The minimum Gasteiger partial charge on any atom is -0.496 e. The minimum atomic E-state index is -0.150. The van der Waals surface area contributed by atoms with Crippen LogP contribution in [0.1, 0.15) is 74.5 Å². The Morgan fingerprint density at radius 3 is 2.39 bits per heavy atom. The standard InChI is InChI=1S/C26H35N3O2/c1-3-4-5-6-7-8-9-14-19-29-23-17-12-11-16-22(23)28-25(29)20-27-26(30)21-15-10-13-18-24(21)31-2/h10-13,15-18H,3-9,14,19-20H2,1-2H3,(H,27,30). The zero-order valence-electron chi connectivity index (χ0n) is 18.9. The summed E-state index contributed by atoms with van der Waals surface area (Å²) in [6, 6.07) is 15.5. The van der Waals surface area contributed by atoms with Gasteiger partial charge in [-0.2, -0.15) is 0 Å². The van der Waals surface area contributed by atoms with Crippen molar-refractivity contribution in [1.29, 1.82) is 0 Å². The molecule has 0 fully saturated rings. The molecule has 1 heterocycles. The molecule has 166 valence electrons. The van der Waals surface area contributed by atoms with Gasteiger partial charge >= 0.3 is 0 Å². The fraction of sp³-hybridized carbons (Fsp3) is 0.462. The number of amides is 1. The maximum Gasteiger partial charge on any atom is 0.255 e. The molecule has 0 radical (unpaired) electrons. The van der Waals surface area contributed by atoms with Gasteiger partial charge in [0.25, 0.3) is 5.91 Å². The number of benzene rings is 2. The van der Waals surface area contributed by atoms with Crippen LogP contribution in [0.25, 0.3) is 11.0 Å². The van der Waals surface area contributed by atoms with Crippen LogP contribution in [0.4, 0.5) is 0 Å². The van der Waals surface area contributed by atoms with Crippen LogP contribution in [0.15, 0.2) is 48.5 Å². The molecular formula is C26H35N3O2. The average molecular weight is 422 g/mol. The van der Waals surface area contributed by atoms with Crippen LogP contribution >= 0.6 is 0 Å². The van der Waals surface area contributed by atoms with Crippen molar-refractivity contribution in [2.75, 3.05) is 7.11 Å². The van der Waals surface area contributed by atoms with Crippen molar-refractivity contribution < 1.29 is 9.53 Å². The number of nitrogens with one attached hydrogen (secondary N) is 1. The molecule has 0 saturated carbocycles. The quantitative estimate of drug-likeness (QED) is 0.339. The molecule has 2 aromatic carbocycles. The molecule has 3 rings (SSSR count). The van der Waals surface area contributed by atoms with E-state index >= 15 is 0 Å². The van der Waals surface area contributed by atoms with Crippen molar-refractivity contribution >= 4 is 16.9 Å². The monoisotopic (exact) mass is 421 g/mol. The maximum atomic E-state index is 12.7. The van der Waals surface area contributed by atoms with Crippen LogP contribution in [0, 0.1) is 0 Å². The van der Waals surface area contributed by atoms with Crippen LogP contribution in [-0.2, 0) is 13.1 Å². The molecule has 31 heavy (non-hydrogen) atoms. The minimum absolute atomic E-state index is 0.150. The number of nitrogens with zero attached hydrogens (tertiary/aromatic N) is 2. The molecule has 5 nitrogen and oxygen atoms in total. The second kappa shape index (κ2) is 12.1. The van der Waals surface area contributed by atoms with Gasteiger partial charge in [-0.1, -0.05) is 76.1 Å². The molecule has 5 heteroatoms. The van der Waals surface area contributed by atoms with Gasteiger partial charge in [0.2, 0.25) is 0 Å². The first-order valence-electron chi connectivity index (χ1n) is 11.6. The predicted octanol–water partition coefficient (Wildman–Crippen LogP) is 6.12. The van der Waals surface area contributed by atoms with Crippen LogP contribution in [0.2, 0.25) is 0 Å². The topological polar surface area (TPSA) is 56.2 Å². The van der Waals surface area contributed by atoms with E-state index in [0.29, 0.717) is 17.9 Å². The van der Waals surface area contributed by atoms with Gasteiger partial charge in [0, 0.05) is 6.54 Å². The summed E-state index contributed by atoms with van der Waals surface area (Å²) in [5.41, 5.74) is 2.64. The van der Waals surface area contributed by atoms with Crippen molar-refractivity contribution in [2.45, 2.75) is 71.4 Å². The fourth-order valence-electron chi connectivity index (χ4n) is 4.00. The maximum absolute atomic E-state index is 12.7. The number of rotatable bonds is 13. The van der Waals surface area contributed by atoms with Gasteiger partial charge in [0.15, 0.2) is 0 Å². The first-order chi connectivity index (χ1) is 15.2. The Morgan fingerprint density at radius 2 is 1.61 bits per heavy atom. The Morgan fingerprint density at radius 1 is 0.935 bits per heavy atom. The van der Waals surface area contributed by atoms with Crippen LogP contribution in [-0.4, -0.2) is 22.6 Å². The van der Waals surface area contributed by atoms with E-state index in [-0.39, 0.29) is 5.91 Å². The van der Waals surface area contributed by atoms with Gasteiger partial charge < -0.3 is 14.6 Å². The summed E-state index contributed by atoms with van der Waals surface area (Å²) in [5.74, 6) is 1.32. The number of carbonyl (C=O) groups is 1. The number of hydrogen-bond acceptors (Lipinski definition) is 3. The lowest BCUT2D eigenvalue weighted by Crippen LogP contribution is -2.25. The predicted molar refractivity (Wildman–Crippen MR) is 127 cm³/mol. The van der Waals surface area contributed by atoms with E-state index in [1.165, 1.54) is 44.9 Å². The summed E-state index contributed by atoms with van der Waals surface area (Å²) in [7, 11) is 1.58. The Kier molecular flexibility index (Phi) is 8.95. The molecular weight excluding hydrogens is 386 g/mol. The molecule has 0 bridgehead atoms. The zero-order chi connectivity index (χ0) is 21.9. The third kappa shape index (κ3) is 6.33. The van der Waals surface area contributed by atoms with Gasteiger partial charge in [-0.3, -0.25) is 4.79 Å². The van der Waals surface area contributed by atoms with E-state index < -0.39 is 0 Å². The summed E-state index contributed by atoms with van der Waals surface area (Å²) < 4.78 is 7.57. The number of hydrogen-bond donors (Lipinski definition) is 1. The van der Waals surface area contributed by atoms with Crippen molar-refractivity contribution in [3.8, 4) is 5.75 Å². The van der Waals surface area contributed by atoms with Crippen molar-refractivity contribution in [3.05, 3.63) is 59.9 Å². The Bertz CT molecular complexity index is 964. The van der Waals surface area contributed by atoms with Crippen molar-refractivity contribution in [2.24, 2.45) is 0 Å².